The number of alkyl carbamates (subject to hydrolysis) is 1. The quantitative estimate of drug-likeness (QED) is 0.871. The number of amides is 1. The standard InChI is InChI=1S/C14H17Cl2NO4/c1-14(2,3)21-13(20)17-10(7-11(18)19)8-5-4-6-9(15)12(8)16/h4-6,10H,7H2,1-3H3,(H,17,20)(H,18,19)/t10-/m0/s1. The molecule has 0 bridgehead atoms. The number of halogens is 2. The molecule has 1 atom stereocenters. The molecule has 116 valence electrons. The Morgan fingerprint density at radius 3 is 2.48 bits per heavy atom. The summed E-state index contributed by atoms with van der Waals surface area (Å²) in [7, 11) is 0. The van der Waals surface area contributed by atoms with Gasteiger partial charge in [0, 0.05) is 0 Å². The van der Waals surface area contributed by atoms with Gasteiger partial charge in [-0.05, 0) is 32.4 Å². The summed E-state index contributed by atoms with van der Waals surface area (Å²) >= 11 is 12.0. The number of carbonyl (C=O) groups excluding carboxylic acids is 1. The van der Waals surface area contributed by atoms with Crippen LogP contribution in [-0.2, 0) is 9.53 Å². The van der Waals surface area contributed by atoms with Crippen LogP contribution in [0.2, 0.25) is 10.0 Å². The van der Waals surface area contributed by atoms with Crippen molar-refractivity contribution in [2.24, 2.45) is 0 Å². The van der Waals surface area contributed by atoms with Crippen molar-refractivity contribution in [1.82, 2.24) is 5.32 Å². The van der Waals surface area contributed by atoms with Crippen molar-refractivity contribution in [2.75, 3.05) is 0 Å². The molecule has 0 aliphatic rings. The summed E-state index contributed by atoms with van der Waals surface area (Å²) in [6, 6.07) is 4.00. The van der Waals surface area contributed by atoms with Crippen molar-refractivity contribution < 1.29 is 19.4 Å². The molecule has 5 nitrogen and oxygen atoms in total. The second kappa shape index (κ2) is 7.00. The molecule has 7 heteroatoms. The van der Waals surface area contributed by atoms with Crippen LogP contribution in [0.3, 0.4) is 0 Å². The number of carboxylic acids is 1. The van der Waals surface area contributed by atoms with Gasteiger partial charge in [-0.2, -0.15) is 0 Å². The topological polar surface area (TPSA) is 75.6 Å². The number of hydrogen-bond donors (Lipinski definition) is 2. The highest BCUT2D eigenvalue weighted by Gasteiger charge is 2.24. The fourth-order valence-electron chi connectivity index (χ4n) is 1.65. The fraction of sp³-hybridized carbons (Fsp3) is 0.429. The van der Waals surface area contributed by atoms with Crippen LogP contribution < -0.4 is 5.32 Å². The van der Waals surface area contributed by atoms with Crippen LogP contribution in [0.5, 0.6) is 0 Å². The molecule has 0 saturated heterocycles. The van der Waals surface area contributed by atoms with Gasteiger partial charge in [0.15, 0.2) is 0 Å². The average Bonchev–Trinajstić information content (AvgIpc) is 2.28. The predicted octanol–water partition coefficient (Wildman–Crippen LogP) is 4.03. The first kappa shape index (κ1) is 17.6. The SMILES string of the molecule is CC(C)(C)OC(=O)N[C@@H](CC(=O)O)c1cccc(Cl)c1Cl. The third kappa shape index (κ3) is 5.81. The largest absolute Gasteiger partial charge is 0.481 e. The molecular weight excluding hydrogens is 317 g/mol. The number of carbonyl (C=O) groups is 2. The Balaban J connectivity index is 2.98. The zero-order chi connectivity index (χ0) is 16.2. The lowest BCUT2D eigenvalue weighted by atomic mass is 10.0. The molecular formula is C14H17Cl2NO4. The van der Waals surface area contributed by atoms with E-state index in [2.05, 4.69) is 5.32 Å². The number of benzene rings is 1. The Hall–Kier alpha value is -1.46. The Morgan fingerprint density at radius 2 is 1.95 bits per heavy atom. The van der Waals surface area contributed by atoms with Gasteiger partial charge in [-0.3, -0.25) is 4.79 Å². The van der Waals surface area contributed by atoms with Crippen molar-refractivity contribution >= 4 is 35.3 Å². The first-order valence-corrected chi connectivity index (χ1v) is 7.01. The third-order valence-electron chi connectivity index (χ3n) is 2.43. The summed E-state index contributed by atoms with van der Waals surface area (Å²) in [6.07, 6.45) is -1.05. The molecule has 1 rings (SSSR count). The highest BCUT2D eigenvalue weighted by Crippen LogP contribution is 2.31. The molecule has 0 aliphatic carbocycles. The molecule has 1 amide bonds. The summed E-state index contributed by atoms with van der Waals surface area (Å²) in [4.78, 5) is 22.8. The van der Waals surface area contributed by atoms with Gasteiger partial charge in [-0.1, -0.05) is 35.3 Å². The van der Waals surface area contributed by atoms with Gasteiger partial charge in [0.05, 0.1) is 22.5 Å². The highest BCUT2D eigenvalue weighted by molar-refractivity contribution is 6.42. The van der Waals surface area contributed by atoms with Crippen molar-refractivity contribution in [2.45, 2.75) is 38.8 Å². The zero-order valence-corrected chi connectivity index (χ0v) is 13.5. The van der Waals surface area contributed by atoms with E-state index in [1.54, 1.807) is 39.0 Å². The van der Waals surface area contributed by atoms with E-state index in [9.17, 15) is 9.59 Å². The van der Waals surface area contributed by atoms with Crippen LogP contribution in [0.15, 0.2) is 18.2 Å². The van der Waals surface area contributed by atoms with Crippen LogP contribution in [0.1, 0.15) is 38.8 Å². The van der Waals surface area contributed by atoms with E-state index in [0.29, 0.717) is 5.56 Å². The lowest BCUT2D eigenvalue weighted by Crippen LogP contribution is -2.35. The second-order valence-electron chi connectivity index (χ2n) is 5.44. The molecule has 0 aromatic heterocycles. The van der Waals surface area contributed by atoms with Gasteiger partial charge in [-0.15, -0.1) is 0 Å². The summed E-state index contributed by atoms with van der Waals surface area (Å²) in [6.45, 7) is 5.14. The number of hydrogen-bond acceptors (Lipinski definition) is 3. The van der Waals surface area contributed by atoms with Crippen molar-refractivity contribution in [3.05, 3.63) is 33.8 Å². The molecule has 0 radical (unpaired) electrons. The molecule has 21 heavy (non-hydrogen) atoms. The number of carboxylic acid groups (broad SMARTS) is 1. The zero-order valence-electron chi connectivity index (χ0n) is 11.9. The monoisotopic (exact) mass is 333 g/mol. The van der Waals surface area contributed by atoms with Gasteiger partial charge < -0.3 is 15.2 Å². The highest BCUT2D eigenvalue weighted by atomic mass is 35.5. The lowest BCUT2D eigenvalue weighted by Gasteiger charge is -2.23. The minimum Gasteiger partial charge on any atom is -0.481 e. The molecule has 1 aromatic carbocycles. The van der Waals surface area contributed by atoms with E-state index in [1.165, 1.54) is 0 Å². The minimum atomic E-state index is -1.08. The number of nitrogens with one attached hydrogen (secondary N) is 1. The second-order valence-corrected chi connectivity index (χ2v) is 6.22. The smallest absolute Gasteiger partial charge is 0.408 e. The number of aliphatic carboxylic acids is 1. The molecule has 0 fully saturated rings. The van der Waals surface area contributed by atoms with E-state index >= 15 is 0 Å². The lowest BCUT2D eigenvalue weighted by molar-refractivity contribution is -0.137. The molecule has 2 N–H and O–H groups in total. The minimum absolute atomic E-state index is 0.210. The fourth-order valence-corrected chi connectivity index (χ4v) is 2.09. The van der Waals surface area contributed by atoms with Crippen molar-refractivity contribution in [1.29, 1.82) is 0 Å². The van der Waals surface area contributed by atoms with Gasteiger partial charge >= 0.3 is 12.1 Å². The maximum atomic E-state index is 11.8. The van der Waals surface area contributed by atoms with E-state index < -0.39 is 23.7 Å². The predicted molar refractivity (Wildman–Crippen MR) is 80.8 cm³/mol. The number of ether oxygens (including phenoxy) is 1. The summed E-state index contributed by atoms with van der Waals surface area (Å²) in [5.41, 5.74) is -0.256. The maximum absolute atomic E-state index is 11.8. The molecule has 0 heterocycles. The van der Waals surface area contributed by atoms with E-state index in [1.807, 2.05) is 0 Å². The molecule has 0 spiro atoms. The summed E-state index contributed by atoms with van der Waals surface area (Å²) < 4.78 is 5.12. The Kier molecular flexibility index (Phi) is 5.87. The van der Waals surface area contributed by atoms with Crippen molar-refractivity contribution in [3.63, 3.8) is 0 Å². The van der Waals surface area contributed by atoms with Crippen LogP contribution >= 0.6 is 23.2 Å². The summed E-state index contributed by atoms with van der Waals surface area (Å²) in [5, 5.41) is 12.0. The first-order valence-electron chi connectivity index (χ1n) is 6.25. The Bertz CT molecular complexity index is 540. The van der Waals surface area contributed by atoms with Gasteiger partial charge in [0.25, 0.3) is 0 Å². The molecule has 1 aromatic rings. The normalized spacial score (nSPS) is 12.6. The van der Waals surface area contributed by atoms with Crippen LogP contribution in [-0.4, -0.2) is 22.8 Å². The van der Waals surface area contributed by atoms with Gasteiger partial charge in [0.1, 0.15) is 5.60 Å². The molecule has 0 saturated carbocycles. The Labute approximate surface area is 133 Å². The number of rotatable bonds is 4. The average molecular weight is 334 g/mol. The van der Waals surface area contributed by atoms with Crippen LogP contribution in [0, 0.1) is 0 Å². The van der Waals surface area contributed by atoms with Crippen LogP contribution in [0.25, 0.3) is 0 Å². The van der Waals surface area contributed by atoms with E-state index in [0.717, 1.165) is 0 Å². The van der Waals surface area contributed by atoms with Crippen molar-refractivity contribution in [3.8, 4) is 0 Å². The first-order chi connectivity index (χ1) is 9.60. The van der Waals surface area contributed by atoms with Gasteiger partial charge in [0.2, 0.25) is 0 Å². The molecule has 0 unspecified atom stereocenters. The molecule has 0 aliphatic heterocycles. The van der Waals surface area contributed by atoms with Gasteiger partial charge in [-0.25, -0.2) is 4.79 Å². The maximum Gasteiger partial charge on any atom is 0.408 e. The van der Waals surface area contributed by atoms with E-state index in [-0.39, 0.29) is 16.5 Å². The van der Waals surface area contributed by atoms with E-state index in [4.69, 9.17) is 33.0 Å². The Morgan fingerprint density at radius 1 is 1.33 bits per heavy atom. The summed E-state index contributed by atoms with van der Waals surface area (Å²) in [5.74, 6) is -1.08. The third-order valence-corrected chi connectivity index (χ3v) is 3.26. The van der Waals surface area contributed by atoms with Crippen LogP contribution in [0.4, 0.5) is 4.79 Å².